The highest BCUT2D eigenvalue weighted by atomic mass is 32.2. The molecule has 0 atom stereocenters. The van der Waals surface area contributed by atoms with Gasteiger partial charge in [0, 0.05) is 5.39 Å². The van der Waals surface area contributed by atoms with Gasteiger partial charge >= 0.3 is 15.6 Å². The third kappa shape index (κ3) is 3.04. The van der Waals surface area contributed by atoms with Crippen molar-refractivity contribution in [2.24, 2.45) is 0 Å². The zero-order valence-electron chi connectivity index (χ0n) is 11.4. The summed E-state index contributed by atoms with van der Waals surface area (Å²) in [5, 5.41) is 4.51. The fourth-order valence-corrected chi connectivity index (χ4v) is 3.24. The lowest BCUT2D eigenvalue weighted by atomic mass is 10.0. The van der Waals surface area contributed by atoms with Gasteiger partial charge in [0.15, 0.2) is 5.75 Å². The summed E-state index contributed by atoms with van der Waals surface area (Å²) in [6, 6.07) is 11.3. The van der Waals surface area contributed by atoms with E-state index in [-0.39, 0.29) is 5.75 Å². The van der Waals surface area contributed by atoms with E-state index in [4.69, 9.17) is 0 Å². The molecular weight excluding hydrogens is 349 g/mol. The topological polar surface area (TPSA) is 43.4 Å². The number of thiophene rings is 1. The quantitative estimate of drug-likeness (QED) is 0.499. The minimum atomic E-state index is -5.73. The van der Waals surface area contributed by atoms with Crippen molar-refractivity contribution in [3.63, 3.8) is 0 Å². The van der Waals surface area contributed by atoms with Crippen LogP contribution >= 0.6 is 11.3 Å². The number of hydrogen-bond donors (Lipinski definition) is 0. The van der Waals surface area contributed by atoms with Gasteiger partial charge in [-0.15, -0.1) is 0 Å². The standard InChI is InChI=1S/C15H9F3O3S2/c16-15(17,18)23(19,20)21-14-8-12(11-5-6-22-9-11)7-10-3-1-2-4-13(10)14/h1-9H. The van der Waals surface area contributed by atoms with E-state index in [2.05, 4.69) is 4.18 Å². The lowest BCUT2D eigenvalue weighted by Crippen LogP contribution is -2.28. The van der Waals surface area contributed by atoms with Crippen LogP contribution in [0.2, 0.25) is 0 Å². The molecule has 0 saturated carbocycles. The van der Waals surface area contributed by atoms with Crippen molar-refractivity contribution in [1.82, 2.24) is 0 Å². The molecule has 0 unspecified atom stereocenters. The number of alkyl halides is 3. The molecule has 0 aliphatic carbocycles. The van der Waals surface area contributed by atoms with Gasteiger partial charge in [0.05, 0.1) is 0 Å². The van der Waals surface area contributed by atoms with Gasteiger partial charge in [-0.25, -0.2) is 0 Å². The van der Waals surface area contributed by atoms with Crippen LogP contribution in [0.15, 0.2) is 53.2 Å². The number of fused-ring (bicyclic) bond motifs is 1. The van der Waals surface area contributed by atoms with Crippen molar-refractivity contribution < 1.29 is 25.8 Å². The van der Waals surface area contributed by atoms with Crippen LogP contribution in [-0.2, 0) is 10.1 Å². The highest BCUT2D eigenvalue weighted by molar-refractivity contribution is 7.88. The van der Waals surface area contributed by atoms with E-state index < -0.39 is 15.6 Å². The first kappa shape index (κ1) is 15.8. The van der Waals surface area contributed by atoms with Gasteiger partial charge in [-0.1, -0.05) is 24.3 Å². The summed E-state index contributed by atoms with van der Waals surface area (Å²) in [7, 11) is -5.73. The van der Waals surface area contributed by atoms with Crippen LogP contribution in [0.1, 0.15) is 0 Å². The van der Waals surface area contributed by atoms with Crippen molar-refractivity contribution in [2.45, 2.75) is 5.51 Å². The van der Waals surface area contributed by atoms with Crippen LogP contribution in [0, 0.1) is 0 Å². The monoisotopic (exact) mass is 358 g/mol. The van der Waals surface area contributed by atoms with E-state index in [1.165, 1.54) is 23.5 Å². The molecule has 0 saturated heterocycles. The van der Waals surface area contributed by atoms with E-state index in [0.29, 0.717) is 16.3 Å². The number of benzene rings is 2. The lowest BCUT2D eigenvalue weighted by Gasteiger charge is -2.13. The molecule has 23 heavy (non-hydrogen) atoms. The maximum Gasteiger partial charge on any atom is 0.534 e. The molecule has 0 radical (unpaired) electrons. The normalized spacial score (nSPS) is 12.5. The Kier molecular flexibility index (Phi) is 3.81. The van der Waals surface area contributed by atoms with E-state index in [1.807, 2.05) is 10.8 Å². The Hall–Kier alpha value is -2.06. The molecule has 0 bridgehead atoms. The Morgan fingerprint density at radius 3 is 2.39 bits per heavy atom. The second kappa shape index (κ2) is 5.54. The van der Waals surface area contributed by atoms with Gasteiger partial charge in [0.1, 0.15) is 0 Å². The third-order valence-electron chi connectivity index (χ3n) is 3.16. The van der Waals surface area contributed by atoms with Crippen LogP contribution in [-0.4, -0.2) is 13.9 Å². The van der Waals surface area contributed by atoms with Crippen molar-refractivity contribution >= 4 is 32.2 Å². The number of rotatable bonds is 3. The molecule has 0 N–H and O–H groups in total. The molecule has 0 aliphatic heterocycles. The minimum Gasteiger partial charge on any atom is -0.375 e. The zero-order chi connectivity index (χ0) is 16.7. The smallest absolute Gasteiger partial charge is 0.375 e. The van der Waals surface area contributed by atoms with Crippen LogP contribution in [0.25, 0.3) is 21.9 Å². The summed E-state index contributed by atoms with van der Waals surface area (Å²) in [6.07, 6.45) is 0. The number of hydrogen-bond acceptors (Lipinski definition) is 4. The summed E-state index contributed by atoms with van der Waals surface area (Å²) in [4.78, 5) is 0. The Morgan fingerprint density at radius 2 is 1.74 bits per heavy atom. The minimum absolute atomic E-state index is 0.291. The van der Waals surface area contributed by atoms with E-state index in [9.17, 15) is 21.6 Å². The summed E-state index contributed by atoms with van der Waals surface area (Å²) in [5.41, 5.74) is -4.13. The Bertz CT molecular complexity index is 946. The lowest BCUT2D eigenvalue weighted by molar-refractivity contribution is -0.0499. The highest BCUT2D eigenvalue weighted by Gasteiger charge is 2.48. The van der Waals surface area contributed by atoms with Gasteiger partial charge in [0.25, 0.3) is 0 Å². The maximum atomic E-state index is 12.6. The molecule has 0 spiro atoms. The van der Waals surface area contributed by atoms with Gasteiger partial charge in [-0.3, -0.25) is 0 Å². The first-order valence-electron chi connectivity index (χ1n) is 6.34. The molecule has 3 nitrogen and oxygen atoms in total. The average Bonchev–Trinajstić information content (AvgIpc) is 2.99. The maximum absolute atomic E-state index is 12.6. The summed E-state index contributed by atoms with van der Waals surface area (Å²) in [5.74, 6) is -0.346. The van der Waals surface area contributed by atoms with Gasteiger partial charge in [-0.2, -0.15) is 32.9 Å². The summed E-state index contributed by atoms with van der Waals surface area (Å²) >= 11 is 1.42. The second-order valence-corrected chi connectivity index (χ2v) is 7.01. The Balaban J connectivity index is 2.19. The summed E-state index contributed by atoms with van der Waals surface area (Å²) < 4.78 is 64.7. The fourth-order valence-electron chi connectivity index (χ4n) is 2.11. The SMILES string of the molecule is O=S(=O)(Oc1cc(-c2ccsc2)cc2ccccc12)C(F)(F)F. The molecule has 0 aliphatic rings. The van der Waals surface area contributed by atoms with Crippen molar-refractivity contribution in [3.8, 4) is 16.9 Å². The molecular formula is C15H9F3O3S2. The predicted molar refractivity (Wildman–Crippen MR) is 82.9 cm³/mol. The molecule has 3 rings (SSSR count). The van der Waals surface area contributed by atoms with Crippen LogP contribution in [0.3, 0.4) is 0 Å². The van der Waals surface area contributed by atoms with E-state index in [0.717, 1.165) is 5.56 Å². The average molecular weight is 358 g/mol. The molecule has 0 fully saturated rings. The third-order valence-corrected chi connectivity index (χ3v) is 4.81. The van der Waals surface area contributed by atoms with E-state index >= 15 is 0 Å². The fraction of sp³-hybridized carbons (Fsp3) is 0.0667. The highest BCUT2D eigenvalue weighted by Crippen LogP contribution is 2.36. The van der Waals surface area contributed by atoms with Crippen molar-refractivity contribution in [2.75, 3.05) is 0 Å². The second-order valence-electron chi connectivity index (χ2n) is 4.69. The first-order valence-corrected chi connectivity index (χ1v) is 8.69. The zero-order valence-corrected chi connectivity index (χ0v) is 13.0. The van der Waals surface area contributed by atoms with Crippen molar-refractivity contribution in [3.05, 3.63) is 53.2 Å². The first-order chi connectivity index (χ1) is 10.8. The molecule has 2 aromatic carbocycles. The van der Waals surface area contributed by atoms with Crippen LogP contribution in [0.4, 0.5) is 13.2 Å². The van der Waals surface area contributed by atoms with Crippen molar-refractivity contribution in [1.29, 1.82) is 0 Å². The van der Waals surface area contributed by atoms with Gasteiger partial charge < -0.3 is 4.18 Å². The molecule has 1 aromatic heterocycles. The number of halogens is 3. The molecule has 3 aromatic rings. The summed E-state index contributed by atoms with van der Waals surface area (Å²) in [6.45, 7) is 0. The predicted octanol–water partition coefficient (Wildman–Crippen LogP) is 4.80. The van der Waals surface area contributed by atoms with E-state index in [1.54, 1.807) is 30.3 Å². The Labute approximate surface area is 134 Å². The molecule has 120 valence electrons. The van der Waals surface area contributed by atoms with Crippen LogP contribution in [0.5, 0.6) is 5.75 Å². The van der Waals surface area contributed by atoms with Gasteiger partial charge in [0.2, 0.25) is 0 Å². The molecule has 0 amide bonds. The molecule has 8 heteroatoms. The Morgan fingerprint density at radius 1 is 1.00 bits per heavy atom. The molecule has 1 heterocycles. The van der Waals surface area contributed by atoms with Crippen LogP contribution < -0.4 is 4.18 Å². The van der Waals surface area contributed by atoms with Gasteiger partial charge in [-0.05, 0) is 45.5 Å². The largest absolute Gasteiger partial charge is 0.534 e.